The van der Waals surface area contributed by atoms with E-state index in [4.69, 9.17) is 14.2 Å². The van der Waals surface area contributed by atoms with Crippen molar-refractivity contribution in [3.8, 4) is 0 Å². The van der Waals surface area contributed by atoms with Crippen LogP contribution in [0, 0.1) is 0 Å². The SMILES string of the molecule is CC(=O)OC[C@@H]1[C@@H](OC(C)=O)C[C@H](c2c[nH]c3c(=O)[nH]cnc23)N1C(=O)OC(C)(C)C. The van der Waals surface area contributed by atoms with E-state index in [1.54, 1.807) is 27.0 Å². The van der Waals surface area contributed by atoms with Crippen LogP contribution in [0.15, 0.2) is 17.3 Å². The van der Waals surface area contributed by atoms with Gasteiger partial charge in [0.25, 0.3) is 5.56 Å². The number of carbonyl (C=O) groups excluding carboxylic acids is 3. The van der Waals surface area contributed by atoms with Crippen LogP contribution in [0.4, 0.5) is 4.79 Å². The third-order valence-corrected chi connectivity index (χ3v) is 4.81. The average Bonchev–Trinajstić information content (AvgIpc) is 3.20. The molecule has 3 heterocycles. The van der Waals surface area contributed by atoms with E-state index in [0.29, 0.717) is 11.1 Å². The van der Waals surface area contributed by atoms with Crippen LogP contribution in [-0.4, -0.2) is 62.2 Å². The van der Waals surface area contributed by atoms with Crippen molar-refractivity contribution in [2.24, 2.45) is 0 Å². The zero-order valence-corrected chi connectivity index (χ0v) is 18.1. The Hall–Kier alpha value is -3.37. The molecule has 0 radical (unpaired) electrons. The van der Waals surface area contributed by atoms with Gasteiger partial charge in [0.1, 0.15) is 35.4 Å². The number of fused-ring (bicyclic) bond motifs is 1. The standard InChI is InChI=1S/C20H26N4O7/c1-10(25)29-8-14-15(30-11(2)26)6-13(24(14)19(28)31-20(3,4)5)12-7-21-17-16(12)22-9-23-18(17)27/h7,9,13-15,21H,6,8H2,1-5H3,(H,22,23,27)/t13-,14-,15+/m1/s1. The lowest BCUT2D eigenvalue weighted by molar-refractivity contribution is -0.150. The van der Waals surface area contributed by atoms with E-state index < -0.39 is 41.8 Å². The maximum absolute atomic E-state index is 13.2. The molecule has 3 atom stereocenters. The van der Waals surface area contributed by atoms with Gasteiger partial charge in [-0.15, -0.1) is 0 Å². The number of esters is 2. The minimum atomic E-state index is -0.789. The maximum Gasteiger partial charge on any atom is 0.411 e. The number of ether oxygens (including phenoxy) is 3. The second-order valence-corrected chi connectivity index (χ2v) is 8.36. The summed E-state index contributed by atoms with van der Waals surface area (Å²) in [6.07, 6.45) is 1.67. The van der Waals surface area contributed by atoms with Gasteiger partial charge in [0, 0.05) is 32.0 Å². The summed E-state index contributed by atoms with van der Waals surface area (Å²) in [6, 6.07) is -1.41. The number of nitrogens with one attached hydrogen (secondary N) is 2. The van der Waals surface area contributed by atoms with Crippen LogP contribution in [-0.2, 0) is 23.8 Å². The molecule has 3 rings (SSSR count). The second-order valence-electron chi connectivity index (χ2n) is 8.36. The van der Waals surface area contributed by atoms with Gasteiger partial charge in [0.15, 0.2) is 0 Å². The highest BCUT2D eigenvalue weighted by Gasteiger charge is 2.49. The topological polar surface area (TPSA) is 144 Å². The molecule has 0 unspecified atom stereocenters. The van der Waals surface area contributed by atoms with E-state index in [1.165, 1.54) is 25.1 Å². The van der Waals surface area contributed by atoms with Crippen molar-refractivity contribution in [3.05, 3.63) is 28.4 Å². The Balaban J connectivity index is 2.08. The van der Waals surface area contributed by atoms with E-state index in [0.717, 1.165) is 0 Å². The summed E-state index contributed by atoms with van der Waals surface area (Å²) in [5.41, 5.74) is 0.0644. The number of hydrogen-bond donors (Lipinski definition) is 2. The van der Waals surface area contributed by atoms with E-state index in [-0.39, 0.29) is 24.1 Å². The van der Waals surface area contributed by atoms with Crippen LogP contribution in [0.5, 0.6) is 0 Å². The molecule has 0 aliphatic carbocycles. The highest BCUT2D eigenvalue weighted by Crippen LogP contribution is 2.41. The van der Waals surface area contributed by atoms with Gasteiger partial charge in [-0.05, 0) is 20.8 Å². The summed E-state index contributed by atoms with van der Waals surface area (Å²) >= 11 is 0. The Labute approximate surface area is 178 Å². The van der Waals surface area contributed by atoms with Crippen LogP contribution in [0.2, 0.25) is 0 Å². The molecule has 1 aliphatic rings. The number of H-pyrrole nitrogens is 2. The van der Waals surface area contributed by atoms with E-state index in [9.17, 15) is 19.2 Å². The highest BCUT2D eigenvalue weighted by molar-refractivity contribution is 5.80. The van der Waals surface area contributed by atoms with Gasteiger partial charge in [0.05, 0.1) is 12.4 Å². The molecule has 11 heteroatoms. The summed E-state index contributed by atoms with van der Waals surface area (Å²) in [5.74, 6) is -1.06. The summed E-state index contributed by atoms with van der Waals surface area (Å²) in [7, 11) is 0. The Morgan fingerprint density at radius 1 is 1.19 bits per heavy atom. The quantitative estimate of drug-likeness (QED) is 0.548. The third kappa shape index (κ3) is 4.86. The minimum absolute atomic E-state index is 0.181. The molecule has 0 saturated carbocycles. The molecule has 1 fully saturated rings. The fourth-order valence-corrected chi connectivity index (χ4v) is 3.71. The Morgan fingerprint density at radius 3 is 2.52 bits per heavy atom. The number of aromatic nitrogens is 3. The molecule has 2 N–H and O–H groups in total. The highest BCUT2D eigenvalue weighted by atomic mass is 16.6. The van der Waals surface area contributed by atoms with E-state index in [1.807, 2.05) is 0 Å². The van der Waals surface area contributed by atoms with Gasteiger partial charge in [-0.1, -0.05) is 0 Å². The molecule has 31 heavy (non-hydrogen) atoms. The van der Waals surface area contributed by atoms with Crippen molar-refractivity contribution >= 4 is 29.1 Å². The molecule has 2 aromatic heterocycles. The largest absolute Gasteiger partial charge is 0.464 e. The average molecular weight is 434 g/mol. The first-order valence-corrected chi connectivity index (χ1v) is 9.84. The predicted octanol–water partition coefficient (Wildman–Crippen LogP) is 1.80. The van der Waals surface area contributed by atoms with Crippen LogP contribution in [0.3, 0.4) is 0 Å². The van der Waals surface area contributed by atoms with Crippen molar-refractivity contribution < 1.29 is 28.6 Å². The molecular weight excluding hydrogens is 408 g/mol. The first kappa shape index (κ1) is 22.3. The first-order valence-electron chi connectivity index (χ1n) is 9.84. The van der Waals surface area contributed by atoms with Gasteiger partial charge < -0.3 is 24.2 Å². The third-order valence-electron chi connectivity index (χ3n) is 4.81. The molecule has 1 amide bonds. The van der Waals surface area contributed by atoms with Crippen molar-refractivity contribution in [2.45, 2.75) is 64.8 Å². The van der Waals surface area contributed by atoms with Gasteiger partial charge in [0.2, 0.25) is 0 Å². The molecule has 168 valence electrons. The first-order chi connectivity index (χ1) is 14.5. The summed E-state index contributed by atoms with van der Waals surface area (Å²) < 4.78 is 16.2. The number of hydrogen-bond acceptors (Lipinski definition) is 8. The fraction of sp³-hybridized carbons (Fsp3) is 0.550. The number of carbonyl (C=O) groups is 3. The summed E-state index contributed by atoms with van der Waals surface area (Å²) in [4.78, 5) is 59.4. The lowest BCUT2D eigenvalue weighted by Gasteiger charge is -2.32. The minimum Gasteiger partial charge on any atom is -0.464 e. The molecule has 0 bridgehead atoms. The summed E-state index contributed by atoms with van der Waals surface area (Å²) in [6.45, 7) is 7.52. The van der Waals surface area contributed by atoms with Crippen molar-refractivity contribution in [3.63, 3.8) is 0 Å². The van der Waals surface area contributed by atoms with E-state index in [2.05, 4.69) is 15.0 Å². The van der Waals surface area contributed by atoms with Gasteiger partial charge in [-0.25, -0.2) is 9.78 Å². The van der Waals surface area contributed by atoms with Crippen molar-refractivity contribution in [1.82, 2.24) is 19.9 Å². The molecule has 1 aliphatic heterocycles. The maximum atomic E-state index is 13.2. The zero-order valence-electron chi connectivity index (χ0n) is 18.1. The Kier molecular flexibility index (Phi) is 6.05. The lowest BCUT2D eigenvalue weighted by Crippen LogP contribution is -2.46. The monoisotopic (exact) mass is 434 g/mol. The predicted molar refractivity (Wildman–Crippen MR) is 108 cm³/mol. The normalized spacial score (nSPS) is 21.2. The van der Waals surface area contributed by atoms with Gasteiger partial charge in [-0.3, -0.25) is 19.3 Å². The molecule has 0 spiro atoms. The van der Waals surface area contributed by atoms with Gasteiger partial charge in [-0.2, -0.15) is 0 Å². The van der Waals surface area contributed by atoms with Crippen LogP contribution < -0.4 is 5.56 Å². The number of nitrogens with zero attached hydrogens (tertiary/aromatic N) is 2. The van der Waals surface area contributed by atoms with Crippen molar-refractivity contribution in [1.29, 1.82) is 0 Å². The Morgan fingerprint density at radius 2 is 1.90 bits per heavy atom. The van der Waals surface area contributed by atoms with E-state index >= 15 is 0 Å². The molecular formula is C20H26N4O7. The van der Waals surface area contributed by atoms with Crippen LogP contribution in [0.1, 0.15) is 52.6 Å². The number of rotatable bonds is 4. The lowest BCUT2D eigenvalue weighted by atomic mass is 10.1. The van der Waals surface area contributed by atoms with Crippen molar-refractivity contribution in [2.75, 3.05) is 6.61 Å². The number of amides is 1. The molecule has 11 nitrogen and oxygen atoms in total. The smallest absolute Gasteiger partial charge is 0.411 e. The second kappa shape index (κ2) is 8.40. The fourth-order valence-electron chi connectivity index (χ4n) is 3.71. The zero-order chi connectivity index (χ0) is 22.9. The molecule has 2 aromatic rings. The van der Waals surface area contributed by atoms with Gasteiger partial charge >= 0.3 is 18.0 Å². The Bertz CT molecular complexity index is 1050. The number of aromatic amines is 2. The molecule has 0 aromatic carbocycles. The summed E-state index contributed by atoms with van der Waals surface area (Å²) in [5, 5.41) is 0. The van der Waals surface area contributed by atoms with Crippen LogP contribution >= 0.6 is 0 Å². The van der Waals surface area contributed by atoms with Crippen LogP contribution in [0.25, 0.3) is 11.0 Å². The molecule has 1 saturated heterocycles. The number of likely N-dealkylation sites (tertiary alicyclic amines) is 1.